The molecule has 0 aromatic heterocycles. The molecule has 0 bridgehead atoms. The van der Waals surface area contributed by atoms with Gasteiger partial charge in [0.25, 0.3) is 3.79 Å². The first kappa shape index (κ1) is 15.3. The molecule has 0 aliphatic carbocycles. The van der Waals surface area contributed by atoms with Crippen molar-refractivity contribution in [3.05, 3.63) is 0 Å². The largest absolute Gasteiger partial charge is 0.435 e. The molecular formula is C3HCl4F5. The summed E-state index contributed by atoms with van der Waals surface area (Å²) in [6.07, 6.45) is -4.77. The third-order valence-electron chi connectivity index (χ3n) is 0.321. The summed E-state index contributed by atoms with van der Waals surface area (Å²) in [6.45, 7) is 0. The maximum Gasteiger partial charge on any atom is 0.435 e. The quantitative estimate of drug-likeness (QED) is 0.454. The van der Waals surface area contributed by atoms with Crippen molar-refractivity contribution in [3.8, 4) is 0 Å². The summed E-state index contributed by atoms with van der Waals surface area (Å²) in [5, 5.41) is 0. The lowest BCUT2D eigenvalue weighted by atomic mass is 10.8. The number of rotatable bonds is 0. The molecular weight excluding hydrogens is 273 g/mol. The fourth-order valence-electron chi connectivity index (χ4n) is 0. The monoisotopic (exact) mass is 272 g/mol. The normalized spacial score (nSPS) is 12.5. The summed E-state index contributed by atoms with van der Waals surface area (Å²) in [7, 11) is 0. The summed E-state index contributed by atoms with van der Waals surface area (Å²) in [5.41, 5.74) is 0. The lowest BCUT2D eigenvalue weighted by Gasteiger charge is -2.13. The molecule has 0 fully saturated rings. The zero-order valence-corrected chi connectivity index (χ0v) is 8.00. The summed E-state index contributed by atoms with van der Waals surface area (Å²) in [5.74, 6) is -2.69. The molecule has 0 amide bonds. The molecule has 0 aromatic carbocycles. The molecule has 0 radical (unpaired) electrons. The number of hydrogen-bond acceptors (Lipinski definition) is 0. The average molecular weight is 274 g/mol. The van der Waals surface area contributed by atoms with Crippen LogP contribution in [0.1, 0.15) is 0 Å². The van der Waals surface area contributed by atoms with Gasteiger partial charge in [0.1, 0.15) is 0 Å². The molecule has 0 N–H and O–H groups in total. The highest BCUT2D eigenvalue weighted by Crippen LogP contribution is 2.42. The van der Waals surface area contributed by atoms with Gasteiger partial charge >= 0.3 is 12.1 Å². The van der Waals surface area contributed by atoms with Gasteiger partial charge in [-0.2, -0.15) is 22.0 Å². The smallest absolute Gasteiger partial charge is 0.192 e. The van der Waals surface area contributed by atoms with E-state index in [1.807, 2.05) is 0 Å². The second-order valence-electron chi connectivity index (χ2n) is 1.24. The van der Waals surface area contributed by atoms with Crippen LogP contribution in [0.3, 0.4) is 0 Å². The highest BCUT2D eigenvalue weighted by atomic mass is 35.6. The van der Waals surface area contributed by atoms with Crippen LogP contribution in [0, 0.1) is 0 Å². The van der Waals surface area contributed by atoms with Crippen LogP contribution in [0.15, 0.2) is 0 Å². The van der Waals surface area contributed by atoms with Crippen molar-refractivity contribution in [3.63, 3.8) is 0 Å². The van der Waals surface area contributed by atoms with Crippen LogP contribution < -0.4 is 0 Å². The van der Waals surface area contributed by atoms with Gasteiger partial charge in [-0.3, -0.25) is 0 Å². The molecule has 0 aromatic rings. The van der Waals surface area contributed by atoms with E-state index >= 15 is 0 Å². The van der Waals surface area contributed by atoms with Gasteiger partial charge in [-0.25, -0.2) is 0 Å². The third-order valence-corrected chi connectivity index (χ3v) is 0.964. The molecule has 0 saturated heterocycles. The van der Waals surface area contributed by atoms with E-state index in [-0.39, 0.29) is 0 Å². The summed E-state index contributed by atoms with van der Waals surface area (Å²) in [6, 6.07) is 0. The molecule has 12 heavy (non-hydrogen) atoms. The highest BCUT2D eigenvalue weighted by Gasteiger charge is 2.51. The van der Waals surface area contributed by atoms with Gasteiger partial charge < -0.3 is 0 Å². The lowest BCUT2D eigenvalue weighted by molar-refractivity contribution is -0.124. The van der Waals surface area contributed by atoms with Crippen LogP contribution in [0.5, 0.6) is 0 Å². The van der Waals surface area contributed by atoms with Crippen LogP contribution in [0.2, 0.25) is 0 Å². The van der Waals surface area contributed by atoms with Gasteiger partial charge in [-0.1, -0.05) is 46.4 Å². The second kappa shape index (κ2) is 5.52. The molecule has 0 spiro atoms. The van der Waals surface area contributed by atoms with Gasteiger partial charge in [0.2, 0.25) is 0 Å². The second-order valence-corrected chi connectivity index (χ2v) is 3.85. The van der Waals surface area contributed by atoms with Crippen LogP contribution >= 0.6 is 46.4 Å². The fourth-order valence-corrected chi connectivity index (χ4v) is 0. The Morgan fingerprint density at radius 2 is 1.00 bits per heavy atom. The first-order valence-electron chi connectivity index (χ1n) is 2.04. The van der Waals surface area contributed by atoms with Crippen LogP contribution in [-0.2, 0) is 0 Å². The van der Waals surface area contributed by atoms with E-state index < -0.39 is 15.9 Å². The minimum Gasteiger partial charge on any atom is -0.192 e. The third kappa shape index (κ3) is 10.8. The maximum atomic E-state index is 11.2. The zero-order chi connectivity index (χ0) is 10.6. The van der Waals surface area contributed by atoms with Gasteiger partial charge in [0.15, 0.2) is 0 Å². The molecule has 0 atom stereocenters. The Morgan fingerprint density at radius 1 is 0.917 bits per heavy atom. The fraction of sp³-hybridized carbons (Fsp3) is 1.00. The molecule has 0 nitrogen and oxygen atoms in total. The molecule has 9 heteroatoms. The number of alkyl halides is 9. The molecule has 0 unspecified atom stereocenters. The Morgan fingerprint density at radius 3 is 1.00 bits per heavy atom. The Hall–Kier alpha value is 0.810. The predicted molar refractivity (Wildman–Crippen MR) is 38.2 cm³/mol. The molecule has 0 aliphatic heterocycles. The van der Waals surface area contributed by atoms with Crippen molar-refractivity contribution in [1.82, 2.24) is 0 Å². The Labute approximate surface area is 84.5 Å². The van der Waals surface area contributed by atoms with E-state index in [4.69, 9.17) is 0 Å². The molecule has 0 aliphatic rings. The highest BCUT2D eigenvalue weighted by molar-refractivity contribution is 6.68. The van der Waals surface area contributed by atoms with Gasteiger partial charge in [-0.05, 0) is 0 Å². The molecule has 76 valence electrons. The van der Waals surface area contributed by atoms with Crippen molar-refractivity contribution < 1.29 is 22.0 Å². The minimum absolute atomic E-state index is 2.69. The Kier molecular flexibility index (Phi) is 7.03. The first-order chi connectivity index (χ1) is 4.98. The van der Waals surface area contributed by atoms with Crippen molar-refractivity contribution in [2.24, 2.45) is 0 Å². The standard InChI is InChI=1S/C2Cl3F3.CHClF2/c3-1(4,5)2(6,7)8;2-1(3)4/h;1H. The SMILES string of the molecule is FC(F)(F)C(Cl)(Cl)Cl.FC(F)Cl. The Bertz CT molecular complexity index is 100. The van der Waals surface area contributed by atoms with E-state index in [0.717, 1.165) is 0 Å². The number of hydrogen-bond donors (Lipinski definition) is 0. The van der Waals surface area contributed by atoms with E-state index in [9.17, 15) is 22.0 Å². The van der Waals surface area contributed by atoms with E-state index in [2.05, 4.69) is 46.4 Å². The maximum absolute atomic E-state index is 11.2. The zero-order valence-electron chi connectivity index (χ0n) is 4.98. The van der Waals surface area contributed by atoms with Gasteiger partial charge in [-0.15, -0.1) is 0 Å². The minimum atomic E-state index is -4.77. The summed E-state index contributed by atoms with van der Waals surface area (Å²) in [4.78, 5) is 0. The van der Waals surface area contributed by atoms with Gasteiger partial charge in [0, 0.05) is 0 Å². The number of halogens is 9. The summed E-state index contributed by atoms with van der Waals surface area (Å²) < 4.78 is 50.6. The Balaban J connectivity index is 0. The van der Waals surface area contributed by atoms with E-state index in [1.54, 1.807) is 0 Å². The van der Waals surface area contributed by atoms with Crippen molar-refractivity contribution in [2.45, 2.75) is 15.9 Å². The lowest BCUT2D eigenvalue weighted by Crippen LogP contribution is -2.27. The predicted octanol–water partition coefficient (Wildman–Crippen LogP) is 4.37. The first-order valence-corrected chi connectivity index (χ1v) is 3.61. The summed E-state index contributed by atoms with van der Waals surface area (Å²) >= 11 is 17.2. The average Bonchev–Trinajstić information content (AvgIpc) is 1.55. The van der Waals surface area contributed by atoms with Crippen molar-refractivity contribution in [2.75, 3.05) is 0 Å². The van der Waals surface area contributed by atoms with Crippen molar-refractivity contribution >= 4 is 46.4 Å². The molecule has 0 heterocycles. The van der Waals surface area contributed by atoms with E-state index in [1.165, 1.54) is 0 Å². The molecule has 0 rings (SSSR count). The van der Waals surface area contributed by atoms with Crippen LogP contribution in [0.4, 0.5) is 22.0 Å². The van der Waals surface area contributed by atoms with Crippen LogP contribution in [-0.4, -0.2) is 15.9 Å². The van der Waals surface area contributed by atoms with Crippen LogP contribution in [0.25, 0.3) is 0 Å². The van der Waals surface area contributed by atoms with E-state index in [0.29, 0.717) is 0 Å². The molecule has 0 saturated carbocycles. The topological polar surface area (TPSA) is 0 Å². The van der Waals surface area contributed by atoms with Gasteiger partial charge in [0.05, 0.1) is 0 Å². The van der Waals surface area contributed by atoms with Crippen molar-refractivity contribution in [1.29, 1.82) is 0 Å².